The fourth-order valence-electron chi connectivity index (χ4n) is 8.95. The number of amides is 5. The van der Waals surface area contributed by atoms with Crippen LogP contribution in [0.25, 0.3) is 11.1 Å². The molecule has 17 nitrogen and oxygen atoms in total. The Morgan fingerprint density at radius 2 is 0.831 bits per heavy atom. The first kappa shape index (κ1) is 65.3. The average molecular weight is 1080 g/mol. The van der Waals surface area contributed by atoms with Crippen molar-refractivity contribution in [2.75, 3.05) is 19.7 Å². The van der Waals surface area contributed by atoms with Gasteiger partial charge in [0.1, 0.15) is 41.5 Å². The van der Waals surface area contributed by atoms with E-state index in [0.29, 0.717) is 19.4 Å². The van der Waals surface area contributed by atoms with E-state index in [0.717, 1.165) is 60.8 Å². The number of carbonyl (C=O) groups is 8. The number of hydrogen-bond donors (Lipinski definition) is 5. The normalized spacial score (nSPS) is 13.4. The molecule has 1 aliphatic carbocycles. The summed E-state index contributed by atoms with van der Waals surface area (Å²) in [7, 11) is 0. The minimum atomic E-state index is -1.47. The van der Waals surface area contributed by atoms with Crippen molar-refractivity contribution in [1.29, 1.82) is 0 Å². The van der Waals surface area contributed by atoms with E-state index in [4.69, 9.17) is 18.9 Å². The van der Waals surface area contributed by atoms with Gasteiger partial charge in [-0.3, -0.25) is 33.6 Å². The average Bonchev–Trinajstić information content (AvgIpc) is 3.66. The number of rotatable bonds is 34. The van der Waals surface area contributed by atoms with Crippen molar-refractivity contribution in [3.05, 3.63) is 59.7 Å². The summed E-state index contributed by atoms with van der Waals surface area (Å²) >= 11 is 0. The van der Waals surface area contributed by atoms with E-state index in [-0.39, 0.29) is 63.5 Å². The van der Waals surface area contributed by atoms with Crippen LogP contribution in [0.2, 0.25) is 0 Å². The molecule has 0 bridgehead atoms. The Morgan fingerprint density at radius 3 is 1.27 bits per heavy atom. The van der Waals surface area contributed by atoms with E-state index < -0.39 is 76.7 Å². The molecule has 2 aromatic carbocycles. The van der Waals surface area contributed by atoms with Crippen LogP contribution in [0.15, 0.2) is 48.5 Å². The van der Waals surface area contributed by atoms with Gasteiger partial charge < -0.3 is 45.5 Å². The number of hydrogen-bond acceptors (Lipinski definition) is 12. The van der Waals surface area contributed by atoms with Crippen molar-refractivity contribution in [2.24, 2.45) is 0 Å². The highest BCUT2D eigenvalue weighted by Crippen LogP contribution is 2.44. The molecule has 77 heavy (non-hydrogen) atoms. The summed E-state index contributed by atoms with van der Waals surface area (Å²) in [6.45, 7) is 18.3. The first-order valence-corrected chi connectivity index (χ1v) is 28.3. The number of nitrogens with one attached hydrogen (secondary N) is 5. The Balaban J connectivity index is 1.71. The van der Waals surface area contributed by atoms with Crippen LogP contribution in [0.4, 0.5) is 4.79 Å². The van der Waals surface area contributed by atoms with Gasteiger partial charge in [-0.2, -0.15) is 0 Å². The smallest absolute Gasteiger partial charge is 0.407 e. The van der Waals surface area contributed by atoms with Crippen LogP contribution in [0.1, 0.15) is 215 Å². The third-order valence-corrected chi connectivity index (χ3v) is 12.6. The molecule has 3 atom stereocenters. The summed E-state index contributed by atoms with van der Waals surface area (Å²) in [4.78, 5) is 107. The number of fused-ring (bicyclic) bond motifs is 3. The number of carbonyl (C=O) groups excluding carboxylic acids is 8. The fourth-order valence-corrected chi connectivity index (χ4v) is 8.95. The second-order valence-corrected chi connectivity index (χ2v) is 23.2. The van der Waals surface area contributed by atoms with Gasteiger partial charge >= 0.3 is 24.0 Å². The van der Waals surface area contributed by atoms with E-state index >= 15 is 0 Å². The summed E-state index contributed by atoms with van der Waals surface area (Å²) in [6.07, 6.45) is 11.8. The third-order valence-electron chi connectivity index (χ3n) is 12.6. The molecule has 2 aromatic rings. The van der Waals surface area contributed by atoms with Crippen molar-refractivity contribution < 1.29 is 57.3 Å². The van der Waals surface area contributed by atoms with Gasteiger partial charge in [-0.1, -0.05) is 120 Å². The van der Waals surface area contributed by atoms with Crippen molar-refractivity contribution >= 4 is 47.6 Å². The number of ether oxygens (including phenoxy) is 4. The maximum Gasteiger partial charge on any atom is 0.407 e. The Kier molecular flexibility index (Phi) is 28.3. The molecule has 5 N–H and O–H groups in total. The van der Waals surface area contributed by atoms with Crippen LogP contribution < -0.4 is 26.6 Å². The van der Waals surface area contributed by atoms with Crippen LogP contribution in [0, 0.1) is 0 Å². The molecule has 3 rings (SSSR count). The molecule has 3 unspecified atom stereocenters. The summed E-state index contributed by atoms with van der Waals surface area (Å²) in [5, 5.41) is 13.8. The van der Waals surface area contributed by atoms with Crippen LogP contribution >= 0.6 is 0 Å². The minimum Gasteiger partial charge on any atom is -0.460 e. The van der Waals surface area contributed by atoms with Gasteiger partial charge in [0.25, 0.3) is 0 Å². The van der Waals surface area contributed by atoms with E-state index in [1.165, 1.54) is 38.5 Å². The highest BCUT2D eigenvalue weighted by atomic mass is 16.6. The fraction of sp³-hybridized carbons (Fsp3) is 0.667. The SMILES string of the molecule is CCCCCCCCCCCC(=O)NCCCCCCNC(=O)C(CCC(=O)OC(C)(C)C)NC(=O)C(CCC(=O)OC(C)(C)C)NC(=O)C(CCC(=O)OC(C)(C)C)NC(=O)OCC1c2ccccc2-c2ccccc21. The predicted molar refractivity (Wildman–Crippen MR) is 297 cm³/mol. The Bertz CT molecular complexity index is 2160. The standard InChI is InChI=1S/C60H93N5O12/c1-11-12-13-14-15-16-17-18-21-32-50(66)61-39-26-19-20-27-40-62-54(70)47(33-36-51(67)75-58(2,3)4)63-55(71)48(34-37-52(68)76-59(5,6)7)64-56(72)49(35-38-53(69)77-60(8,9)10)65-57(73)74-41-46-44-30-24-22-28-42(44)43-29-23-25-31-45(43)46/h22-25,28-31,46-49H,11-21,26-27,32-41H2,1-10H3,(H,61,66)(H,62,70)(H,63,71)(H,64,72)(H,65,73). The largest absolute Gasteiger partial charge is 0.460 e. The lowest BCUT2D eigenvalue weighted by Gasteiger charge is -2.26. The van der Waals surface area contributed by atoms with Crippen molar-refractivity contribution in [3.63, 3.8) is 0 Å². The van der Waals surface area contributed by atoms with Crippen molar-refractivity contribution in [2.45, 2.75) is 239 Å². The molecule has 17 heteroatoms. The predicted octanol–water partition coefficient (Wildman–Crippen LogP) is 9.94. The highest BCUT2D eigenvalue weighted by Gasteiger charge is 2.34. The molecule has 5 amide bonds. The summed E-state index contributed by atoms with van der Waals surface area (Å²) in [6, 6.07) is 11.5. The molecule has 0 fully saturated rings. The van der Waals surface area contributed by atoms with Crippen LogP contribution in [0.5, 0.6) is 0 Å². The number of alkyl carbamates (subject to hydrolysis) is 1. The lowest BCUT2D eigenvalue weighted by atomic mass is 9.98. The van der Waals surface area contributed by atoms with E-state index in [1.807, 2.05) is 48.5 Å². The second-order valence-electron chi connectivity index (χ2n) is 23.2. The zero-order valence-corrected chi connectivity index (χ0v) is 48.1. The van der Waals surface area contributed by atoms with E-state index in [9.17, 15) is 38.4 Å². The first-order chi connectivity index (χ1) is 36.4. The van der Waals surface area contributed by atoms with Crippen LogP contribution in [-0.2, 0) is 52.5 Å². The second kappa shape index (κ2) is 33.3. The Morgan fingerprint density at radius 1 is 0.455 bits per heavy atom. The summed E-state index contributed by atoms with van der Waals surface area (Å²) in [5.41, 5.74) is 1.50. The quantitative estimate of drug-likeness (QED) is 0.0250. The molecule has 0 saturated carbocycles. The molecule has 0 aromatic heterocycles. The Labute approximate surface area is 458 Å². The molecule has 0 aliphatic heterocycles. The van der Waals surface area contributed by atoms with E-state index in [2.05, 4.69) is 33.5 Å². The minimum absolute atomic E-state index is 0.0624. The molecule has 0 heterocycles. The highest BCUT2D eigenvalue weighted by molar-refractivity contribution is 5.94. The zero-order chi connectivity index (χ0) is 57.0. The van der Waals surface area contributed by atoms with Gasteiger partial charge in [0.05, 0.1) is 0 Å². The van der Waals surface area contributed by atoms with Crippen molar-refractivity contribution in [3.8, 4) is 11.1 Å². The van der Waals surface area contributed by atoms with Crippen LogP contribution in [-0.4, -0.2) is 102 Å². The summed E-state index contributed by atoms with van der Waals surface area (Å²) in [5.74, 6) is -4.40. The first-order valence-electron chi connectivity index (χ1n) is 28.3. The van der Waals surface area contributed by atoms with Crippen LogP contribution in [0.3, 0.4) is 0 Å². The molecule has 0 saturated heterocycles. The monoisotopic (exact) mass is 1080 g/mol. The number of unbranched alkanes of at least 4 members (excludes halogenated alkanes) is 11. The molecule has 1 aliphatic rings. The maximum atomic E-state index is 14.4. The van der Waals surface area contributed by atoms with Crippen molar-refractivity contribution in [1.82, 2.24) is 26.6 Å². The topological polar surface area (TPSA) is 234 Å². The molecule has 0 radical (unpaired) electrons. The third kappa shape index (κ3) is 27.2. The summed E-state index contributed by atoms with van der Waals surface area (Å²) < 4.78 is 22.2. The molecular weight excluding hydrogens is 983 g/mol. The van der Waals surface area contributed by atoms with Gasteiger partial charge in [-0.15, -0.1) is 0 Å². The van der Waals surface area contributed by atoms with Gasteiger partial charge in [-0.05, 0) is 123 Å². The lowest BCUT2D eigenvalue weighted by Crippen LogP contribution is -2.57. The van der Waals surface area contributed by atoms with Gasteiger partial charge in [0.15, 0.2) is 0 Å². The molecular formula is C60H93N5O12. The van der Waals surface area contributed by atoms with Gasteiger partial charge in [0.2, 0.25) is 23.6 Å². The zero-order valence-electron chi connectivity index (χ0n) is 48.1. The van der Waals surface area contributed by atoms with Gasteiger partial charge in [0, 0.05) is 44.7 Å². The molecule has 0 spiro atoms. The van der Waals surface area contributed by atoms with E-state index in [1.54, 1.807) is 62.3 Å². The number of esters is 3. The lowest BCUT2D eigenvalue weighted by molar-refractivity contribution is -0.156. The van der Waals surface area contributed by atoms with Gasteiger partial charge in [-0.25, -0.2) is 4.79 Å². The Hall–Kier alpha value is -6.00. The number of benzene rings is 2. The molecule has 430 valence electrons. The maximum absolute atomic E-state index is 14.4.